The van der Waals surface area contributed by atoms with Gasteiger partial charge in [0.2, 0.25) is 6.08 Å². The number of nitrogens with zero attached hydrogens (tertiary/aromatic N) is 1. The first-order valence-corrected chi connectivity index (χ1v) is 5.24. The molecule has 0 N–H and O–H groups in total. The zero-order valence-corrected chi connectivity index (χ0v) is 9.88. The highest BCUT2D eigenvalue weighted by Crippen LogP contribution is 2.36. The molecule has 0 amide bonds. The molecule has 1 aromatic rings. The third-order valence-corrected chi connectivity index (χ3v) is 3.15. The van der Waals surface area contributed by atoms with E-state index in [0.717, 1.165) is 5.56 Å². The van der Waals surface area contributed by atoms with E-state index in [2.05, 4.69) is 4.99 Å². The Morgan fingerprint density at radius 2 is 2.00 bits per heavy atom. The van der Waals surface area contributed by atoms with Gasteiger partial charge in [-0.2, -0.15) is 4.99 Å². The number of isocyanates is 1. The molecule has 1 unspecified atom stereocenters. The molecular weight excluding hydrogens is 210 g/mol. The van der Waals surface area contributed by atoms with Crippen molar-refractivity contribution < 1.29 is 4.79 Å². The van der Waals surface area contributed by atoms with E-state index in [9.17, 15) is 4.79 Å². The minimum atomic E-state index is -0.597. The van der Waals surface area contributed by atoms with Gasteiger partial charge in [0.05, 0.1) is 5.54 Å². The Morgan fingerprint density at radius 3 is 2.47 bits per heavy atom. The Kier molecular flexibility index (Phi) is 3.67. The van der Waals surface area contributed by atoms with Crippen LogP contribution in [0, 0.1) is 5.92 Å². The zero-order chi connectivity index (χ0) is 11.5. The average molecular weight is 224 g/mol. The van der Waals surface area contributed by atoms with Gasteiger partial charge in [-0.1, -0.05) is 43.6 Å². The lowest BCUT2D eigenvalue weighted by Gasteiger charge is -2.29. The van der Waals surface area contributed by atoms with Crippen molar-refractivity contribution in [3.63, 3.8) is 0 Å². The van der Waals surface area contributed by atoms with E-state index >= 15 is 0 Å². The second-order valence-corrected chi connectivity index (χ2v) is 4.39. The standard InChI is InChI=1S/C12H14ClNO/c1-9(2)12(3,14-8-15)10-6-4-5-7-11(10)13/h4-7,9H,1-3H3. The summed E-state index contributed by atoms with van der Waals surface area (Å²) in [5, 5.41) is 0.632. The van der Waals surface area contributed by atoms with Crippen LogP contribution in [-0.2, 0) is 10.3 Å². The molecule has 1 atom stereocenters. The van der Waals surface area contributed by atoms with Crippen LogP contribution in [0.5, 0.6) is 0 Å². The number of hydrogen-bond acceptors (Lipinski definition) is 2. The quantitative estimate of drug-likeness (QED) is 0.569. The van der Waals surface area contributed by atoms with E-state index in [4.69, 9.17) is 11.6 Å². The van der Waals surface area contributed by atoms with Gasteiger partial charge in [0, 0.05) is 5.02 Å². The van der Waals surface area contributed by atoms with Gasteiger partial charge in [-0.3, -0.25) is 0 Å². The molecule has 0 radical (unpaired) electrons. The predicted molar refractivity (Wildman–Crippen MR) is 61.8 cm³/mol. The summed E-state index contributed by atoms with van der Waals surface area (Å²) < 4.78 is 0. The smallest absolute Gasteiger partial charge is 0.211 e. The Morgan fingerprint density at radius 1 is 1.40 bits per heavy atom. The summed E-state index contributed by atoms with van der Waals surface area (Å²) in [5.74, 6) is 0.179. The highest BCUT2D eigenvalue weighted by Gasteiger charge is 2.31. The van der Waals surface area contributed by atoms with Gasteiger partial charge in [0.25, 0.3) is 0 Å². The largest absolute Gasteiger partial charge is 0.235 e. The molecule has 0 heterocycles. The number of hydrogen-bond donors (Lipinski definition) is 0. The molecule has 0 saturated carbocycles. The van der Waals surface area contributed by atoms with Crippen molar-refractivity contribution >= 4 is 17.7 Å². The maximum Gasteiger partial charge on any atom is 0.235 e. The Hall–Kier alpha value is -1.11. The summed E-state index contributed by atoms with van der Waals surface area (Å²) in [6.45, 7) is 5.90. The first kappa shape index (κ1) is 12.0. The van der Waals surface area contributed by atoms with Crippen molar-refractivity contribution in [2.45, 2.75) is 26.3 Å². The molecule has 0 saturated heterocycles. The van der Waals surface area contributed by atoms with Crippen molar-refractivity contribution in [3.8, 4) is 0 Å². The first-order valence-electron chi connectivity index (χ1n) is 4.86. The second-order valence-electron chi connectivity index (χ2n) is 3.99. The summed E-state index contributed by atoms with van der Waals surface area (Å²) in [6.07, 6.45) is 1.63. The molecular formula is C12H14ClNO. The first-order chi connectivity index (χ1) is 7.02. The molecule has 15 heavy (non-hydrogen) atoms. The van der Waals surface area contributed by atoms with Gasteiger partial charge in [-0.05, 0) is 24.5 Å². The van der Waals surface area contributed by atoms with Crippen LogP contribution in [0.15, 0.2) is 29.3 Å². The van der Waals surface area contributed by atoms with Crippen LogP contribution in [0.25, 0.3) is 0 Å². The van der Waals surface area contributed by atoms with Gasteiger partial charge in [-0.15, -0.1) is 0 Å². The topological polar surface area (TPSA) is 29.4 Å². The Labute approximate surface area is 95.0 Å². The lowest BCUT2D eigenvalue weighted by molar-refractivity contribution is 0.351. The molecule has 0 aromatic heterocycles. The molecule has 0 bridgehead atoms. The third kappa shape index (κ3) is 2.28. The van der Waals surface area contributed by atoms with E-state index in [1.165, 1.54) is 0 Å². The molecule has 3 heteroatoms. The summed E-state index contributed by atoms with van der Waals surface area (Å²) in [4.78, 5) is 14.4. The van der Waals surface area contributed by atoms with Crippen LogP contribution in [0.2, 0.25) is 5.02 Å². The lowest BCUT2D eigenvalue weighted by Crippen LogP contribution is -2.26. The molecule has 0 aliphatic heterocycles. The van der Waals surface area contributed by atoms with Crippen molar-refractivity contribution in [1.29, 1.82) is 0 Å². The molecule has 1 aromatic carbocycles. The number of benzene rings is 1. The molecule has 0 fully saturated rings. The van der Waals surface area contributed by atoms with E-state index in [1.54, 1.807) is 12.1 Å². The average Bonchev–Trinajstić information content (AvgIpc) is 2.18. The SMILES string of the molecule is CC(C)C(C)(N=C=O)c1ccccc1Cl. The molecule has 80 valence electrons. The fourth-order valence-corrected chi connectivity index (χ4v) is 1.79. The van der Waals surface area contributed by atoms with Gasteiger partial charge in [0.15, 0.2) is 0 Å². The number of rotatable bonds is 3. The van der Waals surface area contributed by atoms with Crippen LogP contribution >= 0.6 is 11.6 Å². The van der Waals surface area contributed by atoms with Gasteiger partial charge >= 0.3 is 0 Å². The van der Waals surface area contributed by atoms with Gasteiger partial charge in [0.1, 0.15) is 0 Å². The van der Waals surface area contributed by atoms with Crippen molar-refractivity contribution in [2.75, 3.05) is 0 Å². The Bertz CT molecular complexity index is 396. The number of carbonyl (C=O) groups excluding carboxylic acids is 1. The molecule has 0 aliphatic rings. The normalized spacial score (nSPS) is 14.5. The van der Waals surface area contributed by atoms with E-state index < -0.39 is 5.54 Å². The van der Waals surface area contributed by atoms with Gasteiger partial charge < -0.3 is 0 Å². The van der Waals surface area contributed by atoms with E-state index in [0.29, 0.717) is 5.02 Å². The van der Waals surface area contributed by atoms with Crippen LogP contribution in [0.1, 0.15) is 26.3 Å². The lowest BCUT2D eigenvalue weighted by atomic mass is 9.82. The maximum atomic E-state index is 10.5. The highest BCUT2D eigenvalue weighted by atomic mass is 35.5. The van der Waals surface area contributed by atoms with Crippen LogP contribution in [0.3, 0.4) is 0 Å². The monoisotopic (exact) mass is 223 g/mol. The molecule has 0 aliphatic carbocycles. The summed E-state index contributed by atoms with van der Waals surface area (Å²) in [5.41, 5.74) is 0.269. The van der Waals surface area contributed by atoms with Crippen LogP contribution in [-0.4, -0.2) is 6.08 Å². The number of halogens is 1. The molecule has 0 spiro atoms. The third-order valence-electron chi connectivity index (χ3n) is 2.82. The van der Waals surface area contributed by atoms with Crippen molar-refractivity contribution in [1.82, 2.24) is 0 Å². The minimum absolute atomic E-state index is 0.179. The van der Waals surface area contributed by atoms with Crippen LogP contribution < -0.4 is 0 Å². The number of aliphatic imine (C=N–C) groups is 1. The van der Waals surface area contributed by atoms with Crippen molar-refractivity contribution in [2.24, 2.45) is 10.9 Å². The Balaban J connectivity index is 3.34. The highest BCUT2D eigenvalue weighted by molar-refractivity contribution is 6.31. The maximum absolute atomic E-state index is 10.5. The fraction of sp³-hybridized carbons (Fsp3) is 0.417. The van der Waals surface area contributed by atoms with E-state index in [-0.39, 0.29) is 5.92 Å². The minimum Gasteiger partial charge on any atom is -0.211 e. The van der Waals surface area contributed by atoms with Crippen molar-refractivity contribution in [3.05, 3.63) is 34.9 Å². The summed E-state index contributed by atoms with van der Waals surface area (Å²) >= 11 is 6.10. The summed E-state index contributed by atoms with van der Waals surface area (Å²) in [7, 11) is 0. The predicted octanol–water partition coefficient (Wildman–Crippen LogP) is 3.55. The van der Waals surface area contributed by atoms with E-state index in [1.807, 2.05) is 39.0 Å². The molecule has 1 rings (SSSR count). The second kappa shape index (κ2) is 4.61. The molecule has 2 nitrogen and oxygen atoms in total. The van der Waals surface area contributed by atoms with Gasteiger partial charge in [-0.25, -0.2) is 4.79 Å². The fourth-order valence-electron chi connectivity index (χ4n) is 1.47. The van der Waals surface area contributed by atoms with Crippen LogP contribution in [0.4, 0.5) is 0 Å². The zero-order valence-electron chi connectivity index (χ0n) is 9.12. The summed E-state index contributed by atoms with van der Waals surface area (Å²) in [6, 6.07) is 7.44.